The molecule has 2 N–H and O–H groups in total. The molecule has 29 heavy (non-hydrogen) atoms. The largest absolute Gasteiger partial charge is 0.369 e. The van der Waals surface area contributed by atoms with E-state index in [0.29, 0.717) is 23.9 Å². The van der Waals surface area contributed by atoms with Gasteiger partial charge in [0.2, 0.25) is 0 Å². The van der Waals surface area contributed by atoms with Crippen LogP contribution >= 0.6 is 11.8 Å². The maximum atomic E-state index is 12.3. The second-order valence-corrected chi connectivity index (χ2v) is 8.72. The molecule has 0 bridgehead atoms. The zero-order valence-corrected chi connectivity index (χ0v) is 18.2. The van der Waals surface area contributed by atoms with E-state index >= 15 is 0 Å². The van der Waals surface area contributed by atoms with Crippen LogP contribution in [0.4, 0.5) is 5.82 Å². The average Bonchev–Trinajstić information content (AvgIpc) is 3.09. The number of thioether (sulfide) groups is 1. The van der Waals surface area contributed by atoms with E-state index in [0.717, 1.165) is 40.5 Å². The van der Waals surface area contributed by atoms with Gasteiger partial charge in [-0.1, -0.05) is 50.2 Å². The van der Waals surface area contributed by atoms with Crippen LogP contribution in [0.15, 0.2) is 35.6 Å². The first-order valence-corrected chi connectivity index (χ1v) is 10.8. The number of hydrogen-bond donors (Lipinski definition) is 2. The van der Waals surface area contributed by atoms with Crippen LogP contribution in [0, 0.1) is 6.92 Å². The summed E-state index contributed by atoms with van der Waals surface area (Å²) < 4.78 is 1.83. The number of carbonyl (C=O) groups excluding carboxylic acids is 1. The third-order valence-electron chi connectivity index (χ3n) is 4.28. The zero-order valence-electron chi connectivity index (χ0n) is 17.4. The van der Waals surface area contributed by atoms with Crippen molar-refractivity contribution >= 4 is 34.5 Å². The van der Waals surface area contributed by atoms with Crippen LogP contribution in [0.1, 0.15) is 43.1 Å². The summed E-state index contributed by atoms with van der Waals surface area (Å²) >= 11 is 1.63. The molecule has 8 heteroatoms. The van der Waals surface area contributed by atoms with E-state index in [1.165, 1.54) is 0 Å². The van der Waals surface area contributed by atoms with E-state index < -0.39 is 0 Å². The average molecular weight is 413 g/mol. The minimum atomic E-state index is -0.0857. The summed E-state index contributed by atoms with van der Waals surface area (Å²) in [6, 6.07) is 7.54. The maximum absolute atomic E-state index is 12.3. The number of rotatable bonds is 9. The second-order valence-electron chi connectivity index (χ2n) is 7.18. The number of anilines is 1. The Kier molecular flexibility index (Phi) is 7.09. The Hall–Kier alpha value is -2.61. The summed E-state index contributed by atoms with van der Waals surface area (Å²) in [5, 5.41) is 12.8. The van der Waals surface area contributed by atoms with Crippen molar-refractivity contribution in [2.75, 3.05) is 18.4 Å². The van der Waals surface area contributed by atoms with E-state index in [-0.39, 0.29) is 5.91 Å². The molecule has 2 aromatic heterocycles. The van der Waals surface area contributed by atoms with Crippen molar-refractivity contribution in [1.29, 1.82) is 0 Å². The van der Waals surface area contributed by atoms with Crippen LogP contribution < -0.4 is 10.6 Å². The molecule has 0 fully saturated rings. The van der Waals surface area contributed by atoms with Gasteiger partial charge in [0, 0.05) is 23.9 Å². The predicted octanol–water partition coefficient (Wildman–Crippen LogP) is 3.89. The van der Waals surface area contributed by atoms with E-state index in [1.807, 2.05) is 35.9 Å². The number of hydrogen-bond acceptors (Lipinski definition) is 6. The molecular weight excluding hydrogens is 384 g/mol. The highest BCUT2D eigenvalue weighted by molar-refractivity contribution is 7.99. The maximum Gasteiger partial charge on any atom is 0.251 e. The van der Waals surface area contributed by atoms with Crippen molar-refractivity contribution in [1.82, 2.24) is 25.1 Å². The van der Waals surface area contributed by atoms with Gasteiger partial charge in [-0.2, -0.15) is 5.10 Å². The van der Waals surface area contributed by atoms with Gasteiger partial charge in [-0.05, 0) is 25.5 Å². The standard InChI is InChI=1S/C21H28N6OS/c1-5-10-22-18-17-13-24-27(19(17)26-21(25-18)29-14(2)3)12-11-23-20(28)16-8-6-15(4)7-9-16/h6-9,13-14H,5,10-12H2,1-4H3,(H,23,28)(H,22,25,26). The molecule has 3 aromatic rings. The molecule has 1 amide bonds. The first-order valence-electron chi connectivity index (χ1n) is 9.97. The SMILES string of the molecule is CCCNc1nc(SC(C)C)nc2c1cnn2CCNC(=O)c1ccc(C)cc1. The summed E-state index contributed by atoms with van der Waals surface area (Å²) in [6.07, 6.45) is 2.80. The number of aryl methyl sites for hydroxylation is 1. The van der Waals surface area contributed by atoms with Crippen molar-refractivity contribution in [2.24, 2.45) is 0 Å². The molecular formula is C21H28N6OS. The number of carbonyl (C=O) groups is 1. The van der Waals surface area contributed by atoms with Gasteiger partial charge in [0.25, 0.3) is 5.91 Å². The lowest BCUT2D eigenvalue weighted by molar-refractivity contribution is 0.0952. The molecule has 154 valence electrons. The highest BCUT2D eigenvalue weighted by atomic mass is 32.2. The molecule has 1 aromatic carbocycles. The molecule has 0 aliphatic rings. The van der Waals surface area contributed by atoms with Gasteiger partial charge >= 0.3 is 0 Å². The number of aromatic nitrogens is 4. The molecule has 0 saturated carbocycles. The number of fused-ring (bicyclic) bond motifs is 1. The van der Waals surface area contributed by atoms with Crippen LogP contribution in [0.3, 0.4) is 0 Å². The number of benzene rings is 1. The first-order chi connectivity index (χ1) is 14.0. The Labute approximate surface area is 175 Å². The molecule has 0 saturated heterocycles. The fourth-order valence-electron chi connectivity index (χ4n) is 2.82. The Morgan fingerprint density at radius 3 is 2.62 bits per heavy atom. The van der Waals surface area contributed by atoms with Crippen LogP contribution in [-0.2, 0) is 6.54 Å². The van der Waals surface area contributed by atoms with E-state index in [9.17, 15) is 4.79 Å². The second kappa shape index (κ2) is 9.73. The molecule has 7 nitrogen and oxygen atoms in total. The Morgan fingerprint density at radius 2 is 1.93 bits per heavy atom. The summed E-state index contributed by atoms with van der Waals surface area (Å²) in [7, 11) is 0. The number of amides is 1. The monoisotopic (exact) mass is 412 g/mol. The lowest BCUT2D eigenvalue weighted by Crippen LogP contribution is -2.27. The highest BCUT2D eigenvalue weighted by Gasteiger charge is 2.14. The van der Waals surface area contributed by atoms with Crippen molar-refractivity contribution in [3.05, 3.63) is 41.6 Å². The predicted molar refractivity (Wildman–Crippen MR) is 119 cm³/mol. The molecule has 0 aliphatic heterocycles. The van der Waals surface area contributed by atoms with Gasteiger partial charge < -0.3 is 10.6 Å². The van der Waals surface area contributed by atoms with Gasteiger partial charge in [0.1, 0.15) is 5.82 Å². The van der Waals surface area contributed by atoms with Gasteiger partial charge in [-0.25, -0.2) is 14.6 Å². The lowest BCUT2D eigenvalue weighted by Gasteiger charge is -2.10. The molecule has 0 radical (unpaired) electrons. The Balaban J connectivity index is 1.74. The molecule has 3 rings (SSSR count). The Bertz CT molecular complexity index is 967. The van der Waals surface area contributed by atoms with Crippen LogP contribution in [0.2, 0.25) is 0 Å². The highest BCUT2D eigenvalue weighted by Crippen LogP contribution is 2.26. The zero-order chi connectivity index (χ0) is 20.8. The minimum Gasteiger partial charge on any atom is -0.369 e. The van der Waals surface area contributed by atoms with Crippen molar-refractivity contribution in [2.45, 2.75) is 51.1 Å². The van der Waals surface area contributed by atoms with Gasteiger partial charge in [-0.15, -0.1) is 0 Å². The molecule has 0 aliphatic carbocycles. The lowest BCUT2D eigenvalue weighted by atomic mass is 10.1. The number of nitrogens with zero attached hydrogens (tertiary/aromatic N) is 4. The van der Waals surface area contributed by atoms with E-state index in [2.05, 4.69) is 41.5 Å². The van der Waals surface area contributed by atoms with E-state index in [1.54, 1.807) is 18.0 Å². The molecule has 2 heterocycles. The minimum absolute atomic E-state index is 0.0857. The Morgan fingerprint density at radius 1 is 1.17 bits per heavy atom. The van der Waals surface area contributed by atoms with Crippen LogP contribution in [0.25, 0.3) is 11.0 Å². The summed E-state index contributed by atoms with van der Waals surface area (Å²) in [5.41, 5.74) is 2.57. The number of nitrogens with one attached hydrogen (secondary N) is 2. The first kappa shape index (κ1) is 21.1. The molecule has 0 spiro atoms. The van der Waals surface area contributed by atoms with Crippen molar-refractivity contribution in [3.8, 4) is 0 Å². The van der Waals surface area contributed by atoms with Crippen LogP contribution in [-0.4, -0.2) is 44.0 Å². The van der Waals surface area contributed by atoms with Crippen molar-refractivity contribution in [3.63, 3.8) is 0 Å². The topological polar surface area (TPSA) is 84.7 Å². The summed E-state index contributed by atoms with van der Waals surface area (Å²) in [6.45, 7) is 10.2. The van der Waals surface area contributed by atoms with Crippen molar-refractivity contribution < 1.29 is 4.79 Å². The molecule has 0 unspecified atom stereocenters. The fourth-order valence-corrected chi connectivity index (χ4v) is 3.53. The normalized spacial score (nSPS) is 11.2. The summed E-state index contributed by atoms with van der Waals surface area (Å²) in [4.78, 5) is 21.7. The molecule has 0 atom stereocenters. The van der Waals surface area contributed by atoms with Gasteiger partial charge in [-0.3, -0.25) is 4.79 Å². The van der Waals surface area contributed by atoms with E-state index in [4.69, 9.17) is 4.98 Å². The fraction of sp³-hybridized carbons (Fsp3) is 0.429. The quantitative estimate of drug-likeness (QED) is 0.410. The van der Waals surface area contributed by atoms with Crippen LogP contribution in [0.5, 0.6) is 0 Å². The third kappa shape index (κ3) is 5.47. The third-order valence-corrected chi connectivity index (χ3v) is 5.15. The summed E-state index contributed by atoms with van der Waals surface area (Å²) in [5.74, 6) is 0.729. The van der Waals surface area contributed by atoms with Gasteiger partial charge in [0.15, 0.2) is 10.8 Å². The van der Waals surface area contributed by atoms with Gasteiger partial charge in [0.05, 0.1) is 18.1 Å². The smallest absolute Gasteiger partial charge is 0.251 e.